The number of aromatic nitrogens is 2. The van der Waals surface area contributed by atoms with Crippen molar-refractivity contribution in [2.45, 2.75) is 33.1 Å². The molecule has 3 aromatic rings. The maximum absolute atomic E-state index is 12.9. The molecule has 0 saturated carbocycles. The van der Waals surface area contributed by atoms with Gasteiger partial charge in [0.15, 0.2) is 0 Å². The topological polar surface area (TPSA) is 90.5 Å². The van der Waals surface area contributed by atoms with E-state index in [1.54, 1.807) is 4.90 Å². The molecule has 3 heterocycles. The maximum Gasteiger partial charge on any atom is 0.229 e. The van der Waals surface area contributed by atoms with Crippen molar-refractivity contribution in [1.29, 1.82) is 0 Å². The Morgan fingerprint density at radius 1 is 0.886 bits per heavy atom. The molecule has 1 atom stereocenters. The van der Waals surface area contributed by atoms with Crippen LogP contribution in [0.5, 0.6) is 0 Å². The van der Waals surface area contributed by atoms with Crippen LogP contribution in [0.15, 0.2) is 54.6 Å². The lowest BCUT2D eigenvalue weighted by Crippen LogP contribution is -2.28. The van der Waals surface area contributed by atoms with Crippen LogP contribution in [0.25, 0.3) is 0 Å². The number of amides is 2. The van der Waals surface area contributed by atoms with E-state index in [1.807, 2.05) is 56.3 Å². The largest absolute Gasteiger partial charge is 0.372 e. The number of hydrogen-bond donors (Lipinski definition) is 2. The van der Waals surface area contributed by atoms with Crippen LogP contribution < -0.4 is 20.4 Å². The van der Waals surface area contributed by atoms with Crippen LogP contribution in [0.2, 0.25) is 0 Å². The molecule has 35 heavy (non-hydrogen) atoms. The Bertz CT molecular complexity index is 1200. The van der Waals surface area contributed by atoms with Crippen LogP contribution in [0.3, 0.4) is 0 Å². The van der Waals surface area contributed by atoms with Gasteiger partial charge < -0.3 is 20.4 Å². The Kier molecular flexibility index (Phi) is 6.35. The Morgan fingerprint density at radius 3 is 2.14 bits per heavy atom. The first kappa shape index (κ1) is 22.8. The van der Waals surface area contributed by atoms with Gasteiger partial charge in [-0.2, -0.15) is 0 Å². The Morgan fingerprint density at radius 2 is 1.49 bits per heavy atom. The van der Waals surface area contributed by atoms with Crippen molar-refractivity contribution < 1.29 is 9.59 Å². The molecule has 5 rings (SSSR count). The SMILES string of the molecule is Cc1cc(C)nc(Nc2ccc(NC(=O)C3CC(=O)N(c4ccc(N5CCCC5)cc4)C3)cc2)n1. The second kappa shape index (κ2) is 9.74. The minimum absolute atomic E-state index is 0.0212. The number of hydrogen-bond acceptors (Lipinski definition) is 6. The summed E-state index contributed by atoms with van der Waals surface area (Å²) < 4.78 is 0. The molecule has 0 aliphatic carbocycles. The fourth-order valence-corrected chi connectivity index (χ4v) is 4.74. The molecule has 8 nitrogen and oxygen atoms in total. The molecule has 1 unspecified atom stereocenters. The third kappa shape index (κ3) is 5.26. The predicted octanol–water partition coefficient (Wildman–Crippen LogP) is 4.43. The summed E-state index contributed by atoms with van der Waals surface area (Å²) in [6.45, 7) is 6.41. The molecule has 0 radical (unpaired) electrons. The number of aryl methyl sites for hydroxylation is 2. The van der Waals surface area contributed by atoms with E-state index in [9.17, 15) is 9.59 Å². The van der Waals surface area contributed by atoms with Gasteiger partial charge in [0.05, 0.1) is 5.92 Å². The van der Waals surface area contributed by atoms with Crippen molar-refractivity contribution in [1.82, 2.24) is 9.97 Å². The molecule has 2 aliphatic heterocycles. The van der Waals surface area contributed by atoms with E-state index in [0.29, 0.717) is 18.2 Å². The number of benzene rings is 2. The summed E-state index contributed by atoms with van der Waals surface area (Å²) in [6.07, 6.45) is 2.66. The van der Waals surface area contributed by atoms with Gasteiger partial charge in [0.2, 0.25) is 17.8 Å². The van der Waals surface area contributed by atoms with E-state index >= 15 is 0 Å². The number of nitrogens with one attached hydrogen (secondary N) is 2. The zero-order valence-corrected chi connectivity index (χ0v) is 20.1. The smallest absolute Gasteiger partial charge is 0.229 e. The van der Waals surface area contributed by atoms with Gasteiger partial charge >= 0.3 is 0 Å². The molecule has 0 bridgehead atoms. The van der Waals surface area contributed by atoms with Gasteiger partial charge in [-0.25, -0.2) is 9.97 Å². The molecule has 0 spiro atoms. The molecule has 2 aromatic carbocycles. The molecule has 180 valence electrons. The van der Waals surface area contributed by atoms with Crippen LogP contribution in [0.1, 0.15) is 30.7 Å². The highest BCUT2D eigenvalue weighted by molar-refractivity contribution is 6.03. The lowest BCUT2D eigenvalue weighted by molar-refractivity contribution is -0.122. The molecule has 2 aliphatic rings. The zero-order chi connectivity index (χ0) is 24.4. The quantitative estimate of drug-likeness (QED) is 0.554. The van der Waals surface area contributed by atoms with Crippen LogP contribution in [0, 0.1) is 19.8 Å². The standard InChI is InChI=1S/C27H30N6O2/c1-18-15-19(2)29-27(28-18)31-22-7-5-21(6-8-22)30-26(35)20-16-25(34)33(17-20)24-11-9-23(10-12-24)32-13-3-4-14-32/h5-12,15,20H,3-4,13-14,16-17H2,1-2H3,(H,30,35)(H,28,29,31). The van der Waals surface area contributed by atoms with Crippen molar-refractivity contribution in [3.8, 4) is 0 Å². The number of nitrogens with zero attached hydrogens (tertiary/aromatic N) is 4. The second-order valence-corrected chi connectivity index (χ2v) is 9.28. The number of rotatable bonds is 6. The van der Waals surface area contributed by atoms with E-state index in [1.165, 1.54) is 18.5 Å². The van der Waals surface area contributed by atoms with Crippen molar-refractivity contribution in [3.05, 3.63) is 66.0 Å². The van der Waals surface area contributed by atoms with Crippen molar-refractivity contribution in [2.24, 2.45) is 5.92 Å². The highest BCUT2D eigenvalue weighted by Crippen LogP contribution is 2.29. The van der Waals surface area contributed by atoms with Gasteiger partial charge in [-0.1, -0.05) is 0 Å². The first-order valence-corrected chi connectivity index (χ1v) is 12.1. The summed E-state index contributed by atoms with van der Waals surface area (Å²) in [5.41, 5.74) is 5.33. The summed E-state index contributed by atoms with van der Waals surface area (Å²) in [7, 11) is 0. The summed E-state index contributed by atoms with van der Waals surface area (Å²) in [5, 5.41) is 6.13. The van der Waals surface area contributed by atoms with Gasteiger partial charge in [-0.05, 0) is 81.3 Å². The predicted molar refractivity (Wildman–Crippen MR) is 138 cm³/mol. The third-order valence-corrected chi connectivity index (χ3v) is 6.52. The normalized spacial score (nSPS) is 17.7. The molecular weight excluding hydrogens is 440 g/mol. The highest BCUT2D eigenvalue weighted by Gasteiger charge is 2.35. The first-order valence-electron chi connectivity index (χ1n) is 12.1. The maximum atomic E-state index is 12.9. The summed E-state index contributed by atoms with van der Waals surface area (Å²) in [6, 6.07) is 17.4. The van der Waals surface area contributed by atoms with E-state index in [4.69, 9.17) is 0 Å². The third-order valence-electron chi connectivity index (χ3n) is 6.52. The fourth-order valence-electron chi connectivity index (χ4n) is 4.74. The zero-order valence-electron chi connectivity index (χ0n) is 20.1. The molecular formula is C27H30N6O2. The Labute approximate surface area is 205 Å². The van der Waals surface area contributed by atoms with Gasteiger partial charge in [-0.3, -0.25) is 9.59 Å². The molecule has 2 amide bonds. The lowest BCUT2D eigenvalue weighted by atomic mass is 10.1. The van der Waals surface area contributed by atoms with Crippen molar-refractivity contribution in [3.63, 3.8) is 0 Å². The van der Waals surface area contributed by atoms with E-state index in [-0.39, 0.29) is 24.2 Å². The molecule has 1 aromatic heterocycles. The highest BCUT2D eigenvalue weighted by atomic mass is 16.2. The average Bonchev–Trinajstić information content (AvgIpc) is 3.50. The van der Waals surface area contributed by atoms with E-state index < -0.39 is 0 Å². The van der Waals surface area contributed by atoms with Crippen LogP contribution in [-0.4, -0.2) is 41.4 Å². The molecule has 2 fully saturated rings. The van der Waals surface area contributed by atoms with E-state index in [2.05, 4.69) is 37.6 Å². The molecule has 8 heteroatoms. The van der Waals surface area contributed by atoms with Crippen LogP contribution in [0.4, 0.5) is 28.7 Å². The Balaban J connectivity index is 1.18. The lowest BCUT2D eigenvalue weighted by Gasteiger charge is -2.20. The summed E-state index contributed by atoms with van der Waals surface area (Å²) in [4.78, 5) is 38.4. The minimum Gasteiger partial charge on any atom is -0.372 e. The van der Waals surface area contributed by atoms with Crippen LogP contribution >= 0.6 is 0 Å². The Hall–Kier alpha value is -3.94. The number of carbonyl (C=O) groups is 2. The van der Waals surface area contributed by atoms with E-state index in [0.717, 1.165) is 35.9 Å². The molecule has 2 saturated heterocycles. The van der Waals surface area contributed by atoms with Crippen molar-refractivity contribution in [2.75, 3.05) is 40.1 Å². The van der Waals surface area contributed by atoms with Gasteiger partial charge in [0, 0.05) is 60.2 Å². The van der Waals surface area contributed by atoms with Crippen molar-refractivity contribution >= 4 is 40.5 Å². The fraction of sp³-hybridized carbons (Fsp3) is 0.333. The van der Waals surface area contributed by atoms with Crippen LogP contribution in [-0.2, 0) is 9.59 Å². The number of carbonyl (C=O) groups excluding carboxylic acids is 2. The van der Waals surface area contributed by atoms with Gasteiger partial charge in [-0.15, -0.1) is 0 Å². The minimum atomic E-state index is -0.387. The summed E-state index contributed by atoms with van der Waals surface area (Å²) >= 11 is 0. The number of anilines is 5. The van der Waals surface area contributed by atoms with Gasteiger partial charge in [0.25, 0.3) is 0 Å². The first-order chi connectivity index (χ1) is 16.9. The molecule has 2 N–H and O–H groups in total. The average molecular weight is 471 g/mol. The second-order valence-electron chi connectivity index (χ2n) is 9.28. The summed E-state index contributed by atoms with van der Waals surface area (Å²) in [5.74, 6) is -0.0144. The van der Waals surface area contributed by atoms with Gasteiger partial charge in [0.1, 0.15) is 0 Å². The monoisotopic (exact) mass is 470 g/mol.